The Morgan fingerprint density at radius 2 is 2.09 bits per heavy atom. The van der Waals surface area contributed by atoms with Crippen LogP contribution in [0, 0.1) is 0 Å². The highest BCUT2D eigenvalue weighted by atomic mass is 16.1. The molecule has 0 fully saturated rings. The van der Waals surface area contributed by atoms with E-state index in [1.807, 2.05) is 38.1 Å². The fraction of sp³-hybridized carbons (Fsp3) is 0.200. The lowest BCUT2D eigenvalue weighted by Crippen LogP contribution is -2.49. The number of H-pyrrole nitrogens is 1. The predicted octanol–water partition coefficient (Wildman–Crippen LogP) is 0.880. The zero-order valence-corrected chi connectivity index (χ0v) is 12.5. The third-order valence-electron chi connectivity index (χ3n) is 3.44. The summed E-state index contributed by atoms with van der Waals surface area (Å²) in [4.78, 5) is 14.3. The first-order valence-corrected chi connectivity index (χ1v) is 6.73. The van der Waals surface area contributed by atoms with E-state index in [2.05, 4.69) is 20.6 Å². The number of nitrogens with two attached hydrogens (primary N) is 2. The Kier molecular flexibility index (Phi) is 4.36. The molecule has 0 aliphatic carbocycles. The van der Waals surface area contributed by atoms with Gasteiger partial charge in [0.05, 0.1) is 10.5 Å². The number of nitrogens with one attached hydrogen (secondary N) is 2. The van der Waals surface area contributed by atoms with Crippen molar-refractivity contribution in [3.8, 4) is 0 Å². The zero-order chi connectivity index (χ0) is 16.2. The van der Waals surface area contributed by atoms with Gasteiger partial charge < -0.3 is 10.3 Å². The summed E-state index contributed by atoms with van der Waals surface area (Å²) in [5.41, 5.74) is 1.18. The maximum atomic E-state index is 11.4. The van der Waals surface area contributed by atoms with Crippen LogP contribution in [0.2, 0.25) is 0 Å². The fourth-order valence-electron chi connectivity index (χ4n) is 1.99. The van der Waals surface area contributed by atoms with Crippen LogP contribution in [0.25, 0.3) is 0 Å². The maximum absolute atomic E-state index is 11.4. The molecule has 0 atom stereocenters. The molecule has 0 saturated heterocycles. The second-order valence-electron chi connectivity index (χ2n) is 5.37. The third kappa shape index (κ3) is 3.38. The van der Waals surface area contributed by atoms with Gasteiger partial charge in [-0.15, -0.1) is 0 Å². The fourth-order valence-corrected chi connectivity index (χ4v) is 1.99. The molecule has 0 aliphatic rings. The standard InChI is InChI=1S/C15H18N6O/c1-15(2,14(16)20-21-17)10-4-3-5-11(8-10)19-13-9-12(22)6-7-18-13/h3-9H,1-2H3,(H3,16,17,20)(H2,18,19,22)/p+1. The zero-order valence-electron chi connectivity index (χ0n) is 12.5. The number of hydrogen-bond acceptors (Lipinski definition) is 3. The number of benzene rings is 1. The molecule has 114 valence electrons. The minimum atomic E-state index is -0.523. The molecule has 7 heteroatoms. The number of rotatable bonds is 4. The van der Waals surface area contributed by atoms with E-state index >= 15 is 0 Å². The number of aromatic amines is 1. The number of pyridine rings is 1. The van der Waals surface area contributed by atoms with Crippen LogP contribution in [-0.2, 0) is 5.41 Å². The first-order chi connectivity index (χ1) is 10.4. The van der Waals surface area contributed by atoms with Crippen molar-refractivity contribution in [2.75, 3.05) is 5.32 Å². The van der Waals surface area contributed by atoms with Gasteiger partial charge in [0, 0.05) is 29.2 Å². The van der Waals surface area contributed by atoms with Gasteiger partial charge in [-0.3, -0.25) is 16.0 Å². The summed E-state index contributed by atoms with van der Waals surface area (Å²) < 4.78 is 0. The molecule has 6 N–H and O–H groups in total. The van der Waals surface area contributed by atoms with Crippen LogP contribution in [0.1, 0.15) is 19.4 Å². The SMILES string of the molecule is CC(C)(C(=[NH2+])N=NN)c1cccc(Nc2cc(=O)cc[nH]2)c1. The van der Waals surface area contributed by atoms with Crippen molar-refractivity contribution in [1.82, 2.24) is 4.98 Å². The maximum Gasteiger partial charge on any atom is 0.329 e. The molecule has 0 radical (unpaired) electrons. The van der Waals surface area contributed by atoms with Gasteiger partial charge in [-0.05, 0) is 31.5 Å². The average Bonchev–Trinajstić information content (AvgIpc) is 2.48. The normalized spacial score (nSPS) is 11.5. The minimum absolute atomic E-state index is 0.0707. The summed E-state index contributed by atoms with van der Waals surface area (Å²) in [6.45, 7) is 3.86. The summed E-state index contributed by atoms with van der Waals surface area (Å²) in [7, 11) is 0. The number of amidine groups is 1. The van der Waals surface area contributed by atoms with E-state index in [0.717, 1.165) is 11.3 Å². The summed E-state index contributed by atoms with van der Waals surface area (Å²) in [5, 5.41) is 16.0. The highest BCUT2D eigenvalue weighted by Crippen LogP contribution is 2.27. The summed E-state index contributed by atoms with van der Waals surface area (Å²) in [6.07, 6.45) is 1.59. The number of anilines is 2. The van der Waals surface area contributed by atoms with E-state index < -0.39 is 5.41 Å². The van der Waals surface area contributed by atoms with Crippen molar-refractivity contribution in [1.29, 1.82) is 0 Å². The quantitative estimate of drug-likeness (QED) is 0.220. The molecular weight excluding hydrogens is 280 g/mol. The average molecular weight is 299 g/mol. The lowest BCUT2D eigenvalue weighted by atomic mass is 9.83. The molecule has 1 aromatic heterocycles. The second kappa shape index (κ2) is 6.21. The topological polar surface area (TPSA) is 121 Å². The Bertz CT molecular complexity index is 762. The predicted molar refractivity (Wildman–Crippen MR) is 85.8 cm³/mol. The Morgan fingerprint density at radius 1 is 1.32 bits per heavy atom. The van der Waals surface area contributed by atoms with Crippen LogP contribution in [0.5, 0.6) is 0 Å². The Balaban J connectivity index is 2.30. The van der Waals surface area contributed by atoms with E-state index in [-0.39, 0.29) is 5.43 Å². The van der Waals surface area contributed by atoms with Crippen molar-refractivity contribution >= 4 is 17.3 Å². The molecule has 22 heavy (non-hydrogen) atoms. The van der Waals surface area contributed by atoms with Gasteiger partial charge in [0.1, 0.15) is 5.82 Å². The molecule has 0 unspecified atom stereocenters. The van der Waals surface area contributed by atoms with Crippen molar-refractivity contribution in [2.45, 2.75) is 19.3 Å². The van der Waals surface area contributed by atoms with Crippen LogP contribution < -0.4 is 22.0 Å². The first kappa shape index (κ1) is 15.4. The Labute approximate surface area is 127 Å². The van der Waals surface area contributed by atoms with E-state index in [1.165, 1.54) is 12.1 Å². The van der Waals surface area contributed by atoms with Gasteiger partial charge in [0.2, 0.25) is 0 Å². The lowest BCUT2D eigenvalue weighted by Gasteiger charge is -2.19. The van der Waals surface area contributed by atoms with Crippen LogP contribution in [0.3, 0.4) is 0 Å². The van der Waals surface area contributed by atoms with Gasteiger partial charge >= 0.3 is 5.84 Å². The Morgan fingerprint density at radius 3 is 2.77 bits per heavy atom. The van der Waals surface area contributed by atoms with Gasteiger partial charge in [-0.25, -0.2) is 0 Å². The minimum Gasteiger partial charge on any atom is -0.348 e. The van der Waals surface area contributed by atoms with Gasteiger partial charge in [-0.2, -0.15) is 0 Å². The molecule has 1 heterocycles. The van der Waals surface area contributed by atoms with E-state index in [9.17, 15) is 4.79 Å². The molecule has 0 saturated carbocycles. The number of nitrogens with zero attached hydrogens (tertiary/aromatic N) is 2. The van der Waals surface area contributed by atoms with Crippen LogP contribution in [0.4, 0.5) is 11.5 Å². The summed E-state index contributed by atoms with van der Waals surface area (Å²) >= 11 is 0. The van der Waals surface area contributed by atoms with Crippen molar-refractivity contribution in [2.24, 2.45) is 16.2 Å². The first-order valence-electron chi connectivity index (χ1n) is 6.73. The largest absolute Gasteiger partial charge is 0.348 e. The molecule has 1 aromatic carbocycles. The van der Waals surface area contributed by atoms with E-state index in [1.54, 1.807) is 6.20 Å². The van der Waals surface area contributed by atoms with Gasteiger partial charge in [0.15, 0.2) is 5.43 Å². The van der Waals surface area contributed by atoms with Crippen molar-refractivity contribution in [3.05, 3.63) is 58.4 Å². The van der Waals surface area contributed by atoms with Crippen molar-refractivity contribution in [3.63, 3.8) is 0 Å². The number of hydrogen-bond donors (Lipinski definition) is 4. The van der Waals surface area contributed by atoms with Crippen molar-refractivity contribution < 1.29 is 5.41 Å². The highest BCUT2D eigenvalue weighted by Gasteiger charge is 2.33. The summed E-state index contributed by atoms with van der Waals surface area (Å²) in [6, 6.07) is 10.6. The van der Waals surface area contributed by atoms with Crippen LogP contribution >= 0.6 is 0 Å². The second-order valence-corrected chi connectivity index (χ2v) is 5.37. The lowest BCUT2D eigenvalue weighted by molar-refractivity contribution is -0.122. The molecule has 0 amide bonds. The smallest absolute Gasteiger partial charge is 0.329 e. The molecule has 2 rings (SSSR count). The van der Waals surface area contributed by atoms with Crippen LogP contribution in [-0.4, -0.2) is 10.8 Å². The molecule has 2 aromatic rings. The third-order valence-corrected chi connectivity index (χ3v) is 3.44. The molecule has 0 bridgehead atoms. The number of aromatic nitrogens is 1. The highest BCUT2D eigenvalue weighted by molar-refractivity contribution is 5.88. The van der Waals surface area contributed by atoms with Gasteiger partial charge in [-0.1, -0.05) is 12.1 Å². The molecular formula is C15H19N6O+. The Hall–Kier alpha value is -2.96. The van der Waals surface area contributed by atoms with Crippen LogP contribution in [0.15, 0.2) is 57.7 Å². The molecule has 7 nitrogen and oxygen atoms in total. The molecule has 0 aliphatic heterocycles. The van der Waals surface area contributed by atoms with E-state index in [4.69, 9.17) is 11.3 Å². The monoisotopic (exact) mass is 299 g/mol. The summed E-state index contributed by atoms with van der Waals surface area (Å²) in [5.74, 6) is 5.99. The molecule has 0 spiro atoms. The van der Waals surface area contributed by atoms with Gasteiger partial charge in [0.25, 0.3) is 0 Å². The van der Waals surface area contributed by atoms with E-state index in [0.29, 0.717) is 11.7 Å².